The van der Waals surface area contributed by atoms with E-state index in [1.54, 1.807) is 0 Å². The molecule has 0 bridgehead atoms. The molecule has 1 saturated heterocycles. The predicted octanol–water partition coefficient (Wildman–Crippen LogP) is 3.36. The number of fused-ring (bicyclic) bond motifs is 2. The number of nitrogens with two attached hydrogens (primary N) is 1. The number of nitrogens with one attached hydrogen (secondary N) is 1. The molecule has 1 amide bonds. The van der Waals surface area contributed by atoms with Gasteiger partial charge in [-0.3, -0.25) is 14.7 Å². The predicted molar refractivity (Wildman–Crippen MR) is 120 cm³/mol. The highest BCUT2D eigenvalue weighted by molar-refractivity contribution is 5.93. The lowest BCUT2D eigenvalue weighted by molar-refractivity contribution is -0.118. The number of hydrogen-bond donors (Lipinski definition) is 2. The summed E-state index contributed by atoms with van der Waals surface area (Å²) in [6.45, 7) is 3.17. The van der Waals surface area contributed by atoms with Crippen LogP contribution in [0.25, 0.3) is 21.7 Å². The second-order valence-electron chi connectivity index (χ2n) is 8.07. The lowest BCUT2D eigenvalue weighted by atomic mass is 10.1. The molecule has 2 aromatic heterocycles. The van der Waals surface area contributed by atoms with E-state index >= 15 is 0 Å². The Kier molecular flexibility index (Phi) is 4.85. The molecule has 0 aliphatic carbocycles. The van der Waals surface area contributed by atoms with Gasteiger partial charge in [-0.15, -0.1) is 0 Å². The number of primary amides is 1. The number of aromatic nitrogens is 2. The highest BCUT2D eigenvalue weighted by atomic mass is 16.1. The fourth-order valence-corrected chi connectivity index (χ4v) is 4.45. The van der Waals surface area contributed by atoms with Crippen LogP contribution < -0.4 is 11.1 Å². The van der Waals surface area contributed by atoms with Crippen molar-refractivity contribution in [1.82, 2.24) is 14.5 Å². The van der Waals surface area contributed by atoms with Crippen LogP contribution in [-0.4, -0.2) is 39.5 Å². The summed E-state index contributed by atoms with van der Waals surface area (Å²) in [5, 5.41) is 7.23. The quantitative estimate of drug-likeness (QED) is 0.521. The van der Waals surface area contributed by atoms with Crippen molar-refractivity contribution in [3.8, 4) is 0 Å². The Balaban J connectivity index is 1.28. The number of rotatable bonds is 6. The minimum atomic E-state index is -0.324. The van der Waals surface area contributed by atoms with E-state index in [-0.39, 0.29) is 12.5 Å². The number of carbonyl (C=O) groups is 1. The number of anilines is 1. The van der Waals surface area contributed by atoms with Crippen molar-refractivity contribution in [1.29, 1.82) is 0 Å². The molecule has 0 spiro atoms. The Morgan fingerprint density at radius 2 is 2.10 bits per heavy atom. The van der Waals surface area contributed by atoms with Gasteiger partial charge in [0.05, 0.1) is 0 Å². The van der Waals surface area contributed by atoms with Crippen molar-refractivity contribution in [2.24, 2.45) is 5.73 Å². The van der Waals surface area contributed by atoms with Crippen LogP contribution in [0.2, 0.25) is 0 Å². The molecule has 0 saturated carbocycles. The maximum atomic E-state index is 11.3. The Bertz CT molecular complexity index is 1210. The van der Waals surface area contributed by atoms with Gasteiger partial charge in [-0.05, 0) is 41.6 Å². The van der Waals surface area contributed by atoms with E-state index in [2.05, 4.69) is 57.7 Å². The zero-order chi connectivity index (χ0) is 20.5. The average molecular weight is 399 g/mol. The van der Waals surface area contributed by atoms with Crippen LogP contribution in [0, 0.1) is 0 Å². The second kappa shape index (κ2) is 7.80. The molecular weight excluding hydrogens is 374 g/mol. The summed E-state index contributed by atoms with van der Waals surface area (Å²) < 4.78 is 1.92. The van der Waals surface area contributed by atoms with Crippen molar-refractivity contribution >= 4 is 33.3 Å². The number of carbonyl (C=O) groups excluding carboxylic acids is 1. The first kappa shape index (κ1) is 18.6. The average Bonchev–Trinajstić information content (AvgIpc) is 3.35. The van der Waals surface area contributed by atoms with Crippen molar-refractivity contribution in [2.45, 2.75) is 25.6 Å². The standard InChI is InChI=1S/C24H25N5O/c25-24(30)16-29-11-7-18-5-4-17(12-23(18)29)14-28-10-8-20(15-28)27-22-3-1-2-19-13-26-9-6-21(19)22/h1-7,9,11-13,20,27H,8,10,14-16H2,(H2,25,30)/t20-/m1/s1. The molecule has 3 heterocycles. The fourth-order valence-electron chi connectivity index (χ4n) is 4.45. The number of amides is 1. The van der Waals surface area contributed by atoms with Crippen LogP contribution >= 0.6 is 0 Å². The normalized spacial score (nSPS) is 17.0. The summed E-state index contributed by atoms with van der Waals surface area (Å²) >= 11 is 0. The van der Waals surface area contributed by atoms with Gasteiger partial charge < -0.3 is 15.6 Å². The Morgan fingerprint density at radius 3 is 3.00 bits per heavy atom. The molecule has 1 fully saturated rings. The van der Waals surface area contributed by atoms with Gasteiger partial charge in [0.25, 0.3) is 0 Å². The molecule has 1 atom stereocenters. The smallest absolute Gasteiger partial charge is 0.237 e. The third-order valence-electron chi connectivity index (χ3n) is 5.88. The molecule has 4 aromatic rings. The van der Waals surface area contributed by atoms with Crippen LogP contribution in [0.3, 0.4) is 0 Å². The third kappa shape index (κ3) is 3.74. The Labute approximate surface area is 175 Å². The van der Waals surface area contributed by atoms with Crippen LogP contribution in [0.4, 0.5) is 5.69 Å². The van der Waals surface area contributed by atoms with Gasteiger partial charge in [0.15, 0.2) is 0 Å². The maximum Gasteiger partial charge on any atom is 0.237 e. The van der Waals surface area contributed by atoms with E-state index in [1.807, 2.05) is 29.2 Å². The minimum Gasteiger partial charge on any atom is -0.380 e. The molecule has 5 rings (SSSR count). The van der Waals surface area contributed by atoms with Crippen LogP contribution in [-0.2, 0) is 17.9 Å². The first-order chi connectivity index (χ1) is 14.7. The van der Waals surface area contributed by atoms with Crippen molar-refractivity contribution in [3.63, 3.8) is 0 Å². The van der Waals surface area contributed by atoms with Gasteiger partial charge in [0.2, 0.25) is 5.91 Å². The fraction of sp³-hybridized carbons (Fsp3) is 0.250. The molecule has 1 aliphatic rings. The van der Waals surface area contributed by atoms with E-state index in [4.69, 9.17) is 5.73 Å². The minimum absolute atomic E-state index is 0.212. The molecular formula is C24H25N5O. The molecule has 0 radical (unpaired) electrons. The molecule has 0 unspecified atom stereocenters. The lowest BCUT2D eigenvalue weighted by Gasteiger charge is -2.18. The van der Waals surface area contributed by atoms with E-state index < -0.39 is 0 Å². The molecule has 1 aliphatic heterocycles. The summed E-state index contributed by atoms with van der Waals surface area (Å²) in [6.07, 6.45) is 6.79. The number of nitrogens with zero attached hydrogens (tertiary/aromatic N) is 3. The SMILES string of the molecule is NC(=O)Cn1ccc2ccc(CN3CC[C@@H](Nc4cccc5cnccc45)C3)cc21. The Hall–Kier alpha value is -3.38. The zero-order valence-corrected chi connectivity index (χ0v) is 16.8. The molecule has 30 heavy (non-hydrogen) atoms. The van der Waals surface area contributed by atoms with Crippen molar-refractivity contribution in [3.05, 3.63) is 72.7 Å². The number of hydrogen-bond acceptors (Lipinski definition) is 4. The van der Waals surface area contributed by atoms with E-state index in [9.17, 15) is 4.79 Å². The van der Waals surface area contributed by atoms with Gasteiger partial charge in [-0.2, -0.15) is 0 Å². The van der Waals surface area contributed by atoms with Gasteiger partial charge in [0, 0.05) is 66.2 Å². The first-order valence-corrected chi connectivity index (χ1v) is 10.3. The van der Waals surface area contributed by atoms with E-state index in [0.29, 0.717) is 6.04 Å². The molecule has 152 valence electrons. The van der Waals surface area contributed by atoms with Gasteiger partial charge in [0.1, 0.15) is 6.54 Å². The highest BCUT2D eigenvalue weighted by Gasteiger charge is 2.23. The second-order valence-corrected chi connectivity index (χ2v) is 8.07. The summed E-state index contributed by atoms with van der Waals surface area (Å²) in [7, 11) is 0. The maximum absolute atomic E-state index is 11.3. The number of likely N-dealkylation sites (tertiary alicyclic amines) is 1. The Morgan fingerprint density at radius 1 is 1.17 bits per heavy atom. The molecule has 3 N–H and O–H groups in total. The molecule has 6 nitrogen and oxygen atoms in total. The molecule has 6 heteroatoms. The third-order valence-corrected chi connectivity index (χ3v) is 5.88. The van der Waals surface area contributed by atoms with E-state index in [1.165, 1.54) is 16.6 Å². The van der Waals surface area contributed by atoms with Crippen molar-refractivity contribution < 1.29 is 4.79 Å². The van der Waals surface area contributed by atoms with E-state index in [0.717, 1.165) is 42.3 Å². The van der Waals surface area contributed by atoms with Gasteiger partial charge >= 0.3 is 0 Å². The first-order valence-electron chi connectivity index (χ1n) is 10.3. The van der Waals surface area contributed by atoms with Gasteiger partial charge in [-0.25, -0.2) is 0 Å². The van der Waals surface area contributed by atoms with Crippen LogP contribution in [0.1, 0.15) is 12.0 Å². The zero-order valence-electron chi connectivity index (χ0n) is 16.8. The largest absolute Gasteiger partial charge is 0.380 e. The van der Waals surface area contributed by atoms with Crippen molar-refractivity contribution in [2.75, 3.05) is 18.4 Å². The summed E-state index contributed by atoms with van der Waals surface area (Å²) in [6, 6.07) is 17.3. The number of benzene rings is 2. The topological polar surface area (TPSA) is 76.2 Å². The van der Waals surface area contributed by atoms with Gasteiger partial charge in [-0.1, -0.05) is 24.3 Å². The van der Waals surface area contributed by atoms with Crippen LogP contribution in [0.15, 0.2) is 67.1 Å². The summed E-state index contributed by atoms with van der Waals surface area (Å²) in [4.78, 5) is 18.0. The molecule has 2 aromatic carbocycles. The highest BCUT2D eigenvalue weighted by Crippen LogP contribution is 2.26. The lowest BCUT2D eigenvalue weighted by Crippen LogP contribution is -2.26. The monoisotopic (exact) mass is 399 g/mol. The van der Waals surface area contributed by atoms with Crippen LogP contribution in [0.5, 0.6) is 0 Å². The summed E-state index contributed by atoms with van der Waals surface area (Å²) in [5.74, 6) is -0.324. The number of pyridine rings is 1. The summed E-state index contributed by atoms with van der Waals surface area (Å²) in [5.41, 5.74) is 8.87.